The molecule has 2 aromatic heterocycles. The average Bonchev–Trinajstić information content (AvgIpc) is 3.31. The average molecular weight is 754 g/mol. The number of hydrogen-bond donors (Lipinski definition) is 0. The number of aromatic nitrogens is 2. The number of nitrogens with zero attached hydrogens (tertiary/aromatic N) is 3. The Morgan fingerprint density at radius 2 is 1.18 bits per heavy atom. The summed E-state index contributed by atoms with van der Waals surface area (Å²) in [5, 5.41) is 2.89. The Kier molecular flexibility index (Phi) is 19.7. The Morgan fingerprint density at radius 3 is 1.53 bits per heavy atom. The van der Waals surface area contributed by atoms with Crippen LogP contribution in [0.5, 0.6) is 0 Å². The first-order valence-corrected chi connectivity index (χ1v) is 14.8. The number of benzene rings is 2. The van der Waals surface area contributed by atoms with E-state index >= 15 is 0 Å². The van der Waals surface area contributed by atoms with Crippen LogP contribution in [0.25, 0.3) is 21.8 Å². The van der Waals surface area contributed by atoms with Crippen LogP contribution in [0, 0.1) is 21.3 Å². The van der Waals surface area contributed by atoms with Crippen molar-refractivity contribution in [3.8, 4) is 0 Å². The molecule has 0 atom stereocenters. The zero-order valence-electron chi connectivity index (χ0n) is 27.3. The van der Waals surface area contributed by atoms with Crippen LogP contribution in [0.4, 0.5) is 0 Å². The van der Waals surface area contributed by atoms with E-state index in [9.17, 15) is 9.59 Å². The molecule has 0 spiro atoms. The molecule has 0 fully saturated rings. The molecule has 0 unspecified atom stereocenters. The fraction of sp³-hybridized carbons (Fsp3) is 0.441. The van der Waals surface area contributed by atoms with E-state index in [0.29, 0.717) is 21.2 Å². The monoisotopic (exact) mass is 751 g/mol. The molecule has 0 bridgehead atoms. The molecule has 246 valence electrons. The summed E-state index contributed by atoms with van der Waals surface area (Å²) in [6.07, 6.45) is 0. The molecular formula is C34H49BrCl2KN3O4. The smallest absolute Gasteiger partial charge is 0.465 e. The minimum Gasteiger partial charge on any atom is -0.465 e. The van der Waals surface area contributed by atoms with Crippen molar-refractivity contribution in [2.45, 2.75) is 75.0 Å². The van der Waals surface area contributed by atoms with Gasteiger partial charge in [0.1, 0.15) is 0 Å². The summed E-state index contributed by atoms with van der Waals surface area (Å²) >= 11 is 16.0. The fourth-order valence-corrected chi connectivity index (χ4v) is 6.57. The molecule has 0 saturated heterocycles. The van der Waals surface area contributed by atoms with Gasteiger partial charge in [0, 0.05) is 45.1 Å². The molecule has 0 aliphatic rings. The summed E-state index contributed by atoms with van der Waals surface area (Å²) in [5.74, 6) is -0.725. The molecule has 2 aromatic carbocycles. The van der Waals surface area contributed by atoms with Crippen LogP contribution >= 0.6 is 39.1 Å². The van der Waals surface area contributed by atoms with Gasteiger partial charge in [-0.1, -0.05) is 38.1 Å². The van der Waals surface area contributed by atoms with E-state index in [4.69, 9.17) is 32.7 Å². The van der Waals surface area contributed by atoms with Gasteiger partial charge in [-0.25, -0.2) is 9.59 Å². The molecular weight excluding hydrogens is 704 g/mol. The molecule has 4 rings (SSSR count). The molecule has 7 nitrogen and oxygen atoms in total. The molecule has 0 radical (unpaired) electrons. The standard InChI is InChI=1S/C17H23ClN2O2.C14H15BrClNO2.2CH4.CH3.K/c1-10(2)20-14-8-12(18)7-13(17(21)22-6)16(14)11(3)15(20)9-19(4)5;1-7(2)17-11-6-9(16)5-10(14(18)19-4)12(11)8(3)13(17)15;;;;/h7-8,10H,9H2,1-6H3;5-7H,1-4H3;2*1H4;1H3;/q;;;;-1;+1. The van der Waals surface area contributed by atoms with Gasteiger partial charge in [0.2, 0.25) is 0 Å². The van der Waals surface area contributed by atoms with Crippen molar-refractivity contribution in [3.05, 3.63) is 74.3 Å². The number of rotatable bonds is 6. The van der Waals surface area contributed by atoms with E-state index in [1.54, 1.807) is 12.1 Å². The first kappa shape index (κ1) is 46.2. The summed E-state index contributed by atoms with van der Waals surface area (Å²) in [5.41, 5.74) is 6.27. The first-order chi connectivity index (χ1) is 19.2. The Balaban J connectivity index is 0. The van der Waals surface area contributed by atoms with Gasteiger partial charge in [0.15, 0.2) is 0 Å². The maximum Gasteiger partial charge on any atom is 1.00 e. The van der Waals surface area contributed by atoms with Crippen molar-refractivity contribution in [2.75, 3.05) is 28.3 Å². The zero-order chi connectivity index (χ0) is 30.9. The molecule has 0 aliphatic carbocycles. The van der Waals surface area contributed by atoms with Crippen molar-refractivity contribution in [2.24, 2.45) is 0 Å². The van der Waals surface area contributed by atoms with Crippen LogP contribution in [-0.2, 0) is 16.0 Å². The van der Waals surface area contributed by atoms with Gasteiger partial charge in [0.25, 0.3) is 0 Å². The van der Waals surface area contributed by atoms with E-state index in [1.807, 2.05) is 33.2 Å². The predicted octanol–water partition coefficient (Wildman–Crippen LogP) is 7.49. The number of methoxy groups -OCH3 is 2. The maximum absolute atomic E-state index is 12.1. The van der Waals surface area contributed by atoms with Gasteiger partial charge in [-0.2, -0.15) is 0 Å². The van der Waals surface area contributed by atoms with Crippen molar-refractivity contribution < 1.29 is 70.4 Å². The van der Waals surface area contributed by atoms with E-state index in [2.05, 4.69) is 64.6 Å². The van der Waals surface area contributed by atoms with Crippen molar-refractivity contribution in [1.82, 2.24) is 14.0 Å². The summed E-state index contributed by atoms with van der Waals surface area (Å²) in [6, 6.07) is 7.67. The van der Waals surface area contributed by atoms with E-state index in [-0.39, 0.29) is 97.7 Å². The summed E-state index contributed by atoms with van der Waals surface area (Å²) in [6.45, 7) is 13.3. The second-order valence-corrected chi connectivity index (χ2v) is 12.5. The van der Waals surface area contributed by atoms with Crippen LogP contribution < -0.4 is 51.4 Å². The van der Waals surface area contributed by atoms with Crippen molar-refractivity contribution >= 4 is 72.9 Å². The maximum atomic E-state index is 12.1. The molecule has 4 aromatic rings. The Morgan fingerprint density at radius 1 is 0.800 bits per heavy atom. The Bertz CT molecular complexity index is 1630. The topological polar surface area (TPSA) is 65.7 Å². The summed E-state index contributed by atoms with van der Waals surface area (Å²) in [4.78, 5) is 26.2. The normalized spacial score (nSPS) is 10.5. The molecule has 0 N–H and O–H groups in total. The van der Waals surface area contributed by atoms with E-state index in [1.165, 1.54) is 19.9 Å². The number of hydrogen-bond acceptors (Lipinski definition) is 5. The minimum absolute atomic E-state index is 0. The van der Waals surface area contributed by atoms with Crippen LogP contribution in [-0.4, -0.2) is 54.3 Å². The zero-order valence-corrected chi connectivity index (χ0v) is 33.5. The third-order valence-electron chi connectivity index (χ3n) is 6.99. The summed E-state index contributed by atoms with van der Waals surface area (Å²) < 4.78 is 15.1. The Labute approximate surface area is 331 Å². The molecule has 45 heavy (non-hydrogen) atoms. The number of halogens is 3. The number of carbonyl (C=O) groups is 2. The Hall–Kier alpha value is -0.884. The van der Waals surface area contributed by atoms with Gasteiger partial charge in [-0.05, 0) is 107 Å². The number of carbonyl (C=O) groups excluding carboxylic acids is 2. The van der Waals surface area contributed by atoms with Crippen LogP contribution in [0.3, 0.4) is 0 Å². The van der Waals surface area contributed by atoms with Crippen LogP contribution in [0.15, 0.2) is 28.9 Å². The van der Waals surface area contributed by atoms with Crippen molar-refractivity contribution in [1.29, 1.82) is 0 Å². The molecule has 11 heteroatoms. The second kappa shape index (κ2) is 19.2. The summed E-state index contributed by atoms with van der Waals surface area (Å²) in [7, 11) is 6.84. The van der Waals surface area contributed by atoms with Gasteiger partial charge >= 0.3 is 63.3 Å². The number of fused-ring (bicyclic) bond motifs is 2. The van der Waals surface area contributed by atoms with Crippen LogP contribution in [0.2, 0.25) is 10.0 Å². The third-order valence-corrected chi connectivity index (χ3v) is 8.40. The van der Waals surface area contributed by atoms with Crippen molar-refractivity contribution in [3.63, 3.8) is 0 Å². The minimum atomic E-state index is -0.371. The molecule has 0 saturated carbocycles. The van der Waals surface area contributed by atoms with Gasteiger partial charge in [-0.15, -0.1) is 0 Å². The fourth-order valence-electron chi connectivity index (χ4n) is 5.34. The SMILES string of the molecule is C.C.COC(=O)c1cc(Cl)cc2c1c(C)c(Br)n2C(C)C.COC(=O)c1cc(Cl)cc2c1c(C)c(CN(C)C)n2C(C)C.[CH3-].[K+]. The van der Waals surface area contributed by atoms with E-state index < -0.39 is 0 Å². The van der Waals surface area contributed by atoms with Gasteiger partial charge < -0.3 is 30.9 Å². The van der Waals surface area contributed by atoms with Gasteiger partial charge in [-0.3, -0.25) is 0 Å². The number of ether oxygens (including phenoxy) is 2. The van der Waals surface area contributed by atoms with E-state index in [0.717, 1.165) is 44.1 Å². The van der Waals surface area contributed by atoms with Crippen LogP contribution in [0.1, 0.15) is 92.2 Å². The first-order valence-electron chi connectivity index (χ1n) is 13.3. The molecule has 0 aliphatic heterocycles. The predicted molar refractivity (Wildman–Crippen MR) is 192 cm³/mol. The second-order valence-electron chi connectivity index (χ2n) is 10.8. The largest absolute Gasteiger partial charge is 1.00 e. The molecule has 2 heterocycles. The number of aryl methyl sites for hydroxylation is 2. The van der Waals surface area contributed by atoms with Gasteiger partial charge in [0.05, 0.1) is 41.0 Å². The molecule has 0 amide bonds. The third kappa shape index (κ3) is 9.60. The quantitative estimate of drug-likeness (QED) is 0.116. The number of esters is 2.